The fraction of sp³-hybridized carbons (Fsp3) is 0.429. The molecule has 0 saturated carbocycles. The number of aryl methyl sites for hydroxylation is 1. The SMILES string of the molecule is CNC(=O)c1ccc(CN(C)Cn2nnc3sc4c(c3c2=O)CC[C@H](C)C4)cc1. The normalized spacial score (nSPS) is 16.2. The van der Waals surface area contributed by atoms with Crippen LogP contribution >= 0.6 is 11.3 Å². The second-order valence-electron chi connectivity index (χ2n) is 7.86. The van der Waals surface area contributed by atoms with E-state index in [9.17, 15) is 9.59 Å². The van der Waals surface area contributed by atoms with Gasteiger partial charge in [0.05, 0.1) is 12.1 Å². The monoisotopic (exact) mass is 411 g/mol. The second kappa shape index (κ2) is 8.04. The van der Waals surface area contributed by atoms with Crippen molar-refractivity contribution in [3.05, 3.63) is 56.2 Å². The lowest BCUT2D eigenvalue weighted by atomic mass is 9.89. The third kappa shape index (κ3) is 3.95. The summed E-state index contributed by atoms with van der Waals surface area (Å²) >= 11 is 1.62. The summed E-state index contributed by atoms with van der Waals surface area (Å²) in [5.41, 5.74) is 2.82. The van der Waals surface area contributed by atoms with Crippen molar-refractivity contribution in [2.24, 2.45) is 5.92 Å². The number of benzene rings is 1. The molecule has 1 aromatic carbocycles. The van der Waals surface area contributed by atoms with E-state index in [-0.39, 0.29) is 11.5 Å². The Morgan fingerprint density at radius 3 is 2.83 bits per heavy atom. The second-order valence-corrected chi connectivity index (χ2v) is 8.94. The quantitative estimate of drug-likeness (QED) is 0.698. The molecule has 152 valence electrons. The molecule has 2 heterocycles. The third-order valence-corrected chi connectivity index (χ3v) is 6.59. The largest absolute Gasteiger partial charge is 0.355 e. The van der Waals surface area contributed by atoms with E-state index >= 15 is 0 Å². The maximum Gasteiger partial charge on any atom is 0.280 e. The van der Waals surface area contributed by atoms with Gasteiger partial charge in [-0.3, -0.25) is 14.5 Å². The van der Waals surface area contributed by atoms with Gasteiger partial charge in [0.15, 0.2) is 4.83 Å². The minimum Gasteiger partial charge on any atom is -0.355 e. The summed E-state index contributed by atoms with van der Waals surface area (Å²) in [5.74, 6) is 0.556. The van der Waals surface area contributed by atoms with Crippen LogP contribution in [0.5, 0.6) is 0 Å². The van der Waals surface area contributed by atoms with Crippen molar-refractivity contribution in [3.8, 4) is 0 Å². The lowest BCUT2D eigenvalue weighted by Crippen LogP contribution is -2.32. The van der Waals surface area contributed by atoms with Gasteiger partial charge in [-0.25, -0.2) is 0 Å². The number of hydrogen-bond donors (Lipinski definition) is 1. The van der Waals surface area contributed by atoms with Crippen LogP contribution in [0.15, 0.2) is 29.1 Å². The maximum atomic E-state index is 13.1. The number of hydrogen-bond acceptors (Lipinski definition) is 6. The fourth-order valence-electron chi connectivity index (χ4n) is 3.88. The molecule has 4 rings (SSSR count). The Hall–Kier alpha value is -2.58. The highest BCUT2D eigenvalue weighted by Crippen LogP contribution is 2.35. The molecule has 0 spiro atoms. The van der Waals surface area contributed by atoms with Crippen LogP contribution in [0.1, 0.15) is 39.7 Å². The molecule has 0 saturated heterocycles. The molecule has 29 heavy (non-hydrogen) atoms. The number of carbonyl (C=O) groups is 1. The van der Waals surface area contributed by atoms with Gasteiger partial charge in [-0.05, 0) is 55.5 Å². The molecular formula is C21H25N5O2S. The van der Waals surface area contributed by atoms with Gasteiger partial charge in [-0.1, -0.05) is 24.3 Å². The van der Waals surface area contributed by atoms with E-state index in [1.807, 2.05) is 24.1 Å². The predicted molar refractivity (Wildman–Crippen MR) is 114 cm³/mol. The minimum absolute atomic E-state index is 0.0520. The first-order valence-corrected chi connectivity index (χ1v) is 10.7. The van der Waals surface area contributed by atoms with Gasteiger partial charge in [0.2, 0.25) is 0 Å². The van der Waals surface area contributed by atoms with Crippen LogP contribution < -0.4 is 10.9 Å². The van der Waals surface area contributed by atoms with Crippen molar-refractivity contribution >= 4 is 27.5 Å². The highest BCUT2D eigenvalue weighted by Gasteiger charge is 2.23. The van der Waals surface area contributed by atoms with E-state index in [1.165, 1.54) is 15.1 Å². The van der Waals surface area contributed by atoms with Crippen LogP contribution in [0.3, 0.4) is 0 Å². The van der Waals surface area contributed by atoms with Crippen LogP contribution in [-0.2, 0) is 26.1 Å². The summed E-state index contributed by atoms with van der Waals surface area (Å²) in [6.45, 7) is 3.26. The van der Waals surface area contributed by atoms with Gasteiger partial charge in [-0.2, -0.15) is 4.68 Å². The summed E-state index contributed by atoms with van der Waals surface area (Å²) in [6, 6.07) is 7.46. The molecule has 7 nitrogen and oxygen atoms in total. The zero-order valence-electron chi connectivity index (χ0n) is 16.9. The van der Waals surface area contributed by atoms with Crippen LogP contribution in [0, 0.1) is 5.92 Å². The van der Waals surface area contributed by atoms with Crippen molar-refractivity contribution < 1.29 is 4.79 Å². The molecule has 1 atom stereocenters. The maximum absolute atomic E-state index is 13.1. The van der Waals surface area contributed by atoms with E-state index in [4.69, 9.17) is 0 Å². The molecule has 0 fully saturated rings. The lowest BCUT2D eigenvalue weighted by molar-refractivity contribution is 0.0963. The Balaban J connectivity index is 1.52. The van der Waals surface area contributed by atoms with Gasteiger partial charge in [0.25, 0.3) is 11.5 Å². The number of nitrogens with one attached hydrogen (secondary N) is 1. The molecule has 1 amide bonds. The number of fused-ring (bicyclic) bond motifs is 3. The Bertz CT molecular complexity index is 1100. The van der Waals surface area contributed by atoms with E-state index in [2.05, 4.69) is 22.6 Å². The number of carbonyl (C=O) groups excluding carboxylic acids is 1. The highest BCUT2D eigenvalue weighted by molar-refractivity contribution is 7.18. The molecule has 0 aliphatic heterocycles. The number of thiophene rings is 1. The minimum atomic E-state index is -0.103. The Morgan fingerprint density at radius 1 is 1.34 bits per heavy atom. The number of rotatable bonds is 5. The average Bonchev–Trinajstić information content (AvgIpc) is 3.08. The number of amides is 1. The van der Waals surface area contributed by atoms with Crippen molar-refractivity contribution in [2.45, 2.75) is 39.4 Å². The molecule has 3 aromatic rings. The van der Waals surface area contributed by atoms with Gasteiger partial charge in [-0.15, -0.1) is 16.4 Å². The van der Waals surface area contributed by atoms with Gasteiger partial charge < -0.3 is 5.32 Å². The summed E-state index contributed by atoms with van der Waals surface area (Å²) in [5, 5.41) is 11.9. The van der Waals surface area contributed by atoms with Crippen LogP contribution in [0.4, 0.5) is 0 Å². The summed E-state index contributed by atoms with van der Waals surface area (Å²) in [7, 11) is 3.56. The first-order valence-electron chi connectivity index (χ1n) is 9.84. The first-order chi connectivity index (χ1) is 14.0. The smallest absolute Gasteiger partial charge is 0.280 e. The Kier molecular flexibility index (Phi) is 5.47. The van der Waals surface area contributed by atoms with E-state index < -0.39 is 0 Å². The van der Waals surface area contributed by atoms with Crippen molar-refractivity contribution in [1.82, 2.24) is 25.2 Å². The lowest BCUT2D eigenvalue weighted by Gasteiger charge is -2.18. The van der Waals surface area contributed by atoms with Gasteiger partial charge in [0.1, 0.15) is 0 Å². The van der Waals surface area contributed by atoms with Gasteiger partial charge >= 0.3 is 0 Å². The summed E-state index contributed by atoms with van der Waals surface area (Å²) in [4.78, 5) is 28.8. The summed E-state index contributed by atoms with van der Waals surface area (Å²) < 4.78 is 1.45. The fourth-order valence-corrected chi connectivity index (χ4v) is 5.20. The molecule has 0 unspecified atom stereocenters. The van der Waals surface area contributed by atoms with Crippen LogP contribution in [0.2, 0.25) is 0 Å². The summed E-state index contributed by atoms with van der Waals surface area (Å²) in [6.07, 6.45) is 3.10. The molecular weight excluding hydrogens is 386 g/mol. The predicted octanol–water partition coefficient (Wildman–Crippen LogP) is 2.43. The zero-order chi connectivity index (χ0) is 20.5. The van der Waals surface area contributed by atoms with Crippen LogP contribution in [-0.4, -0.2) is 39.9 Å². The molecule has 0 bridgehead atoms. The van der Waals surface area contributed by atoms with Crippen molar-refractivity contribution in [2.75, 3.05) is 14.1 Å². The molecule has 8 heteroatoms. The standard InChI is InChI=1S/C21H25N5O2S/c1-13-4-9-16-17(10-13)29-20-18(16)21(28)26(24-23-20)12-25(3)11-14-5-7-15(8-6-14)19(27)22-2/h5-8,13H,4,9-12H2,1-3H3,(H,22,27)/t13-/m0/s1. The average molecular weight is 412 g/mol. The first kappa shape index (κ1) is 19.7. The molecule has 1 aliphatic carbocycles. The highest BCUT2D eigenvalue weighted by atomic mass is 32.1. The van der Waals surface area contributed by atoms with E-state index in [1.54, 1.807) is 30.5 Å². The van der Waals surface area contributed by atoms with E-state index in [0.29, 0.717) is 24.7 Å². The van der Waals surface area contributed by atoms with Gasteiger partial charge in [0, 0.05) is 24.0 Å². The third-order valence-electron chi connectivity index (χ3n) is 5.46. The molecule has 0 radical (unpaired) electrons. The molecule has 2 aromatic heterocycles. The Morgan fingerprint density at radius 2 is 2.10 bits per heavy atom. The molecule has 1 aliphatic rings. The van der Waals surface area contributed by atoms with E-state index in [0.717, 1.165) is 35.0 Å². The number of nitrogens with zero attached hydrogens (tertiary/aromatic N) is 4. The Labute approximate surface area is 173 Å². The van der Waals surface area contributed by atoms with Crippen molar-refractivity contribution in [1.29, 1.82) is 0 Å². The zero-order valence-corrected chi connectivity index (χ0v) is 17.8. The number of aromatic nitrogens is 3. The van der Waals surface area contributed by atoms with Crippen LogP contribution in [0.25, 0.3) is 10.2 Å². The molecule has 1 N–H and O–H groups in total. The topological polar surface area (TPSA) is 80.1 Å². The van der Waals surface area contributed by atoms with Crippen molar-refractivity contribution in [3.63, 3.8) is 0 Å².